The molecule has 42 heavy (non-hydrogen) atoms. The van der Waals surface area contributed by atoms with Crippen LogP contribution in [0.4, 0.5) is 5.82 Å². The lowest BCUT2D eigenvalue weighted by atomic mass is 10.0. The Morgan fingerprint density at radius 2 is 1.67 bits per heavy atom. The van der Waals surface area contributed by atoms with E-state index in [9.17, 15) is 19.5 Å². The molecule has 0 bridgehead atoms. The van der Waals surface area contributed by atoms with Crippen LogP contribution in [0.25, 0.3) is 0 Å². The first-order chi connectivity index (χ1) is 20.2. The molecule has 1 atom stereocenters. The average molecular weight is 625 g/mol. The van der Waals surface area contributed by atoms with Crippen LogP contribution in [0.3, 0.4) is 0 Å². The summed E-state index contributed by atoms with van der Waals surface area (Å²) in [6, 6.07) is 6.06. The molecule has 1 unspecified atom stereocenters. The van der Waals surface area contributed by atoms with E-state index in [1.54, 1.807) is 18.3 Å². The van der Waals surface area contributed by atoms with Gasteiger partial charge in [0.25, 0.3) is 0 Å². The first-order valence-electron chi connectivity index (χ1n) is 14.5. The monoisotopic (exact) mass is 623 g/mol. The van der Waals surface area contributed by atoms with Crippen molar-refractivity contribution < 1.29 is 24.2 Å². The summed E-state index contributed by atoms with van der Waals surface area (Å²) in [4.78, 5) is 40.5. The van der Waals surface area contributed by atoms with Crippen molar-refractivity contribution in [3.63, 3.8) is 0 Å². The second-order valence-electron chi connectivity index (χ2n) is 10.2. The topological polar surface area (TPSA) is 156 Å². The Morgan fingerprint density at radius 1 is 0.976 bits per heavy atom. The number of nitrogens with zero attached hydrogens (tertiary/aromatic N) is 1. The van der Waals surface area contributed by atoms with Crippen LogP contribution in [-0.2, 0) is 14.4 Å². The molecule has 0 aliphatic carbocycles. The lowest BCUT2D eigenvalue weighted by Crippen LogP contribution is -2.39. The number of nitrogens with two attached hydrogens (primary N) is 1. The smallest absolute Gasteiger partial charge is 0.305 e. The minimum absolute atomic E-state index is 0.228. The van der Waals surface area contributed by atoms with E-state index >= 15 is 0 Å². The molecule has 232 valence electrons. The van der Waals surface area contributed by atoms with Gasteiger partial charge >= 0.3 is 5.97 Å². The largest absolute Gasteiger partial charge is 0.490 e. The summed E-state index contributed by atoms with van der Waals surface area (Å²) in [6.45, 7) is 3.55. The maximum atomic E-state index is 12.6. The van der Waals surface area contributed by atoms with Crippen LogP contribution in [0.5, 0.6) is 5.75 Å². The highest BCUT2D eigenvalue weighted by Crippen LogP contribution is 2.36. The number of anilines is 1. The van der Waals surface area contributed by atoms with E-state index in [-0.39, 0.29) is 35.3 Å². The van der Waals surface area contributed by atoms with Gasteiger partial charge in [-0.25, -0.2) is 4.98 Å². The number of nitrogens with one attached hydrogen (secondary N) is 3. The van der Waals surface area contributed by atoms with E-state index in [1.165, 1.54) is 0 Å². The predicted molar refractivity (Wildman–Crippen MR) is 166 cm³/mol. The lowest BCUT2D eigenvalue weighted by Gasteiger charge is -2.20. The van der Waals surface area contributed by atoms with Crippen LogP contribution in [-0.4, -0.2) is 54.1 Å². The van der Waals surface area contributed by atoms with Gasteiger partial charge in [0.2, 0.25) is 11.8 Å². The van der Waals surface area contributed by atoms with Crippen molar-refractivity contribution >= 4 is 46.8 Å². The number of benzene rings is 1. The van der Waals surface area contributed by atoms with Gasteiger partial charge in [0.15, 0.2) is 5.75 Å². The second-order valence-corrected chi connectivity index (χ2v) is 11.0. The van der Waals surface area contributed by atoms with Crippen molar-refractivity contribution in [2.24, 2.45) is 5.73 Å². The van der Waals surface area contributed by atoms with E-state index in [2.05, 4.69) is 20.9 Å². The molecule has 0 radical (unpaired) electrons. The zero-order chi connectivity index (χ0) is 30.7. The zero-order valence-corrected chi connectivity index (χ0v) is 25.7. The van der Waals surface area contributed by atoms with Gasteiger partial charge < -0.3 is 31.5 Å². The van der Waals surface area contributed by atoms with Crippen LogP contribution in [0.15, 0.2) is 30.5 Å². The van der Waals surface area contributed by atoms with Crippen LogP contribution in [0.2, 0.25) is 10.0 Å². The number of aryl methyl sites for hydroxylation is 1. The Labute approximate surface area is 258 Å². The fourth-order valence-electron chi connectivity index (χ4n) is 4.25. The molecule has 10 nitrogen and oxygen atoms in total. The molecule has 0 saturated carbocycles. The molecule has 1 aromatic heterocycles. The number of aliphatic carboxylic acids is 1. The highest BCUT2D eigenvalue weighted by molar-refractivity contribution is 6.37. The van der Waals surface area contributed by atoms with Gasteiger partial charge in [0.05, 0.1) is 35.7 Å². The Balaban J connectivity index is 1.78. The molecule has 6 N–H and O–H groups in total. The number of ether oxygens (including phenoxy) is 1. The number of hydrogen-bond donors (Lipinski definition) is 5. The summed E-state index contributed by atoms with van der Waals surface area (Å²) in [5, 5.41) is 18.3. The standard InChI is InChI=1S/C30H43Cl2N5O5/c1-21-11-14-35-26(16-21)34-13-8-6-10-27(38)36-20-28(39)37-25(19-29(40)41)22-17-23(31)30(24(32)18-22)42-15-9-5-3-2-4-7-12-33/h11,14,16-18,25H,2-10,12-13,15,19-20,33H2,1H3,(H,34,35)(H,36,38)(H,37,39)(H,40,41). The molecule has 2 aromatic rings. The van der Waals surface area contributed by atoms with Gasteiger partial charge in [-0.15, -0.1) is 0 Å². The van der Waals surface area contributed by atoms with Crippen molar-refractivity contribution in [3.8, 4) is 5.75 Å². The molecule has 1 heterocycles. The summed E-state index contributed by atoms with van der Waals surface area (Å²) in [5.74, 6) is -0.796. The molecular formula is C30H43Cl2N5O5. The summed E-state index contributed by atoms with van der Waals surface area (Å²) < 4.78 is 5.79. The minimum Gasteiger partial charge on any atom is -0.490 e. The Hall–Kier alpha value is -3.08. The van der Waals surface area contributed by atoms with Crippen LogP contribution in [0, 0.1) is 6.92 Å². The number of carbonyl (C=O) groups is 3. The number of rotatable bonds is 21. The van der Waals surface area contributed by atoms with Crippen LogP contribution < -0.4 is 26.4 Å². The third-order valence-electron chi connectivity index (χ3n) is 6.48. The second kappa shape index (κ2) is 19.9. The van der Waals surface area contributed by atoms with Gasteiger partial charge in [0.1, 0.15) is 5.82 Å². The Kier molecular flexibility index (Phi) is 16.7. The number of unbranched alkanes of at least 4 members (excludes halogenated alkanes) is 6. The maximum Gasteiger partial charge on any atom is 0.305 e. The van der Waals surface area contributed by atoms with Gasteiger partial charge in [-0.05, 0) is 74.5 Å². The molecule has 0 aliphatic rings. The minimum atomic E-state index is -1.11. The van der Waals surface area contributed by atoms with Crippen LogP contribution >= 0.6 is 23.2 Å². The Morgan fingerprint density at radius 3 is 2.33 bits per heavy atom. The molecule has 2 amide bonds. The fourth-order valence-corrected chi connectivity index (χ4v) is 4.86. The van der Waals surface area contributed by atoms with E-state index in [0.717, 1.165) is 62.9 Å². The lowest BCUT2D eigenvalue weighted by molar-refractivity contribution is -0.138. The average Bonchev–Trinajstić information content (AvgIpc) is 2.93. The molecular weight excluding hydrogens is 581 g/mol. The van der Waals surface area contributed by atoms with E-state index in [0.29, 0.717) is 30.9 Å². The van der Waals surface area contributed by atoms with Crippen molar-refractivity contribution in [1.82, 2.24) is 15.6 Å². The number of carboxylic acid groups (broad SMARTS) is 1. The van der Waals surface area contributed by atoms with Crippen molar-refractivity contribution in [2.75, 3.05) is 31.6 Å². The summed E-state index contributed by atoms with van der Waals surface area (Å²) in [6.07, 6.45) is 9.27. The third kappa shape index (κ3) is 14.2. The number of pyridine rings is 1. The third-order valence-corrected chi connectivity index (χ3v) is 7.04. The number of aromatic nitrogens is 1. The van der Waals surface area contributed by atoms with Gasteiger partial charge in [-0.2, -0.15) is 0 Å². The highest BCUT2D eigenvalue weighted by atomic mass is 35.5. The van der Waals surface area contributed by atoms with Crippen LogP contribution in [0.1, 0.15) is 81.4 Å². The zero-order valence-electron chi connectivity index (χ0n) is 24.2. The normalized spacial score (nSPS) is 11.5. The summed E-state index contributed by atoms with van der Waals surface area (Å²) in [7, 11) is 0. The van der Waals surface area contributed by atoms with Gasteiger partial charge in [0, 0.05) is 19.2 Å². The first-order valence-corrected chi connectivity index (χ1v) is 15.2. The van der Waals surface area contributed by atoms with Gasteiger partial charge in [-0.3, -0.25) is 14.4 Å². The van der Waals surface area contributed by atoms with Crippen molar-refractivity contribution in [3.05, 3.63) is 51.6 Å². The number of carboxylic acids is 1. The summed E-state index contributed by atoms with van der Waals surface area (Å²) in [5.41, 5.74) is 7.05. The quantitative estimate of drug-likeness (QED) is 0.116. The SMILES string of the molecule is Cc1ccnc(NCCCCC(=O)NCC(=O)NC(CC(=O)O)c2cc(Cl)c(OCCCCCCCCN)c(Cl)c2)c1. The molecule has 1 aromatic carbocycles. The molecule has 0 saturated heterocycles. The highest BCUT2D eigenvalue weighted by Gasteiger charge is 2.21. The number of halogens is 2. The molecule has 12 heteroatoms. The molecule has 2 rings (SSSR count). The van der Waals surface area contributed by atoms with Crippen molar-refractivity contribution in [1.29, 1.82) is 0 Å². The van der Waals surface area contributed by atoms with E-state index < -0.39 is 17.9 Å². The fraction of sp³-hybridized carbons (Fsp3) is 0.533. The van der Waals surface area contributed by atoms with E-state index in [1.807, 2.05) is 19.1 Å². The summed E-state index contributed by atoms with van der Waals surface area (Å²) >= 11 is 12.8. The van der Waals surface area contributed by atoms with Crippen molar-refractivity contribution in [2.45, 2.75) is 77.2 Å². The predicted octanol–water partition coefficient (Wildman–Crippen LogP) is 5.41. The molecule has 0 fully saturated rings. The van der Waals surface area contributed by atoms with E-state index in [4.69, 9.17) is 33.7 Å². The molecule has 0 aliphatic heterocycles. The first kappa shape index (κ1) is 35.1. The number of amides is 2. The Bertz CT molecular complexity index is 1130. The van der Waals surface area contributed by atoms with Gasteiger partial charge in [-0.1, -0.05) is 48.9 Å². The number of hydrogen-bond acceptors (Lipinski definition) is 7. The molecule has 0 spiro atoms. The number of carbonyl (C=O) groups excluding carboxylic acids is 2. The maximum absolute atomic E-state index is 12.6.